The maximum Gasteiger partial charge on any atom is 0.292 e. The summed E-state index contributed by atoms with van der Waals surface area (Å²) >= 11 is 0. The third-order valence-electron chi connectivity index (χ3n) is 5.44. The van der Waals surface area contributed by atoms with Gasteiger partial charge in [-0.05, 0) is 49.4 Å². The van der Waals surface area contributed by atoms with Crippen LogP contribution in [0.25, 0.3) is 0 Å². The number of methoxy groups -OCH3 is 1. The van der Waals surface area contributed by atoms with E-state index in [4.69, 9.17) is 4.74 Å². The number of rotatable bonds is 9. The molecule has 1 aliphatic rings. The number of nitrogens with zero attached hydrogens (tertiary/aromatic N) is 2. The lowest BCUT2D eigenvalue weighted by Gasteiger charge is -2.36. The zero-order chi connectivity index (χ0) is 22.9. The van der Waals surface area contributed by atoms with Gasteiger partial charge in [-0.3, -0.25) is 19.3 Å². The minimum absolute atomic E-state index is 0.190. The topological polar surface area (TPSA) is 91.0 Å². The molecule has 8 nitrogen and oxygen atoms in total. The maximum absolute atomic E-state index is 12.5. The molecule has 0 bridgehead atoms. The highest BCUT2D eigenvalue weighted by atomic mass is 16.5. The Hall–Kier alpha value is -3.39. The second-order valence-electron chi connectivity index (χ2n) is 7.69. The highest BCUT2D eigenvalue weighted by Crippen LogP contribution is 2.20. The summed E-state index contributed by atoms with van der Waals surface area (Å²) in [6.45, 7) is 6.41. The Morgan fingerprint density at radius 3 is 2.31 bits per heavy atom. The highest BCUT2D eigenvalue weighted by molar-refractivity contribution is 6.44. The van der Waals surface area contributed by atoms with Crippen LogP contribution in [-0.2, 0) is 9.59 Å². The van der Waals surface area contributed by atoms with Crippen LogP contribution in [0.5, 0.6) is 5.75 Å². The molecule has 2 aromatic carbocycles. The van der Waals surface area contributed by atoms with Gasteiger partial charge in [0.05, 0.1) is 18.4 Å². The summed E-state index contributed by atoms with van der Waals surface area (Å²) in [5.41, 5.74) is 1.72. The number of carbonyl (C=O) groups excluding carboxylic acids is 3. The molecule has 32 heavy (non-hydrogen) atoms. The van der Waals surface area contributed by atoms with Gasteiger partial charge in [-0.2, -0.15) is 0 Å². The van der Waals surface area contributed by atoms with Crippen molar-refractivity contribution in [3.63, 3.8) is 0 Å². The molecule has 3 rings (SSSR count). The molecule has 0 spiro atoms. The Bertz CT molecular complexity index is 937. The van der Waals surface area contributed by atoms with Crippen LogP contribution < -0.4 is 20.3 Å². The van der Waals surface area contributed by atoms with E-state index < -0.39 is 11.7 Å². The first kappa shape index (κ1) is 23.3. The number of piperazine rings is 1. The lowest BCUT2D eigenvalue weighted by Crippen LogP contribution is -2.47. The van der Waals surface area contributed by atoms with Gasteiger partial charge in [-0.15, -0.1) is 0 Å². The zero-order valence-corrected chi connectivity index (χ0v) is 18.6. The van der Waals surface area contributed by atoms with E-state index in [1.165, 1.54) is 18.7 Å². The average molecular weight is 439 g/mol. The van der Waals surface area contributed by atoms with E-state index in [1.54, 1.807) is 25.3 Å². The quantitative estimate of drug-likeness (QED) is 0.354. The summed E-state index contributed by atoms with van der Waals surface area (Å²) in [7, 11) is 1.66. The Morgan fingerprint density at radius 2 is 1.66 bits per heavy atom. The number of hydrogen-bond acceptors (Lipinski definition) is 6. The van der Waals surface area contributed by atoms with Crippen molar-refractivity contribution >= 4 is 29.0 Å². The Labute approximate surface area is 188 Å². The van der Waals surface area contributed by atoms with Crippen molar-refractivity contribution in [2.75, 3.05) is 56.6 Å². The van der Waals surface area contributed by atoms with Gasteiger partial charge in [0.15, 0.2) is 0 Å². The molecule has 2 N–H and O–H groups in total. The van der Waals surface area contributed by atoms with Crippen LogP contribution in [0.15, 0.2) is 48.5 Å². The minimum Gasteiger partial charge on any atom is -0.497 e. The lowest BCUT2D eigenvalue weighted by atomic mass is 10.1. The Balaban J connectivity index is 1.39. The predicted molar refractivity (Wildman–Crippen MR) is 124 cm³/mol. The number of nitrogens with one attached hydrogen (secondary N) is 2. The molecular weight excluding hydrogens is 408 g/mol. The van der Waals surface area contributed by atoms with Crippen LogP contribution in [-0.4, -0.2) is 68.9 Å². The normalized spacial score (nSPS) is 14.0. The molecule has 0 saturated carbocycles. The number of para-hydroxylation sites is 1. The number of ether oxygens (including phenoxy) is 1. The maximum atomic E-state index is 12.5. The summed E-state index contributed by atoms with van der Waals surface area (Å²) in [6, 6.07) is 14.6. The summed E-state index contributed by atoms with van der Waals surface area (Å²) in [6.07, 6.45) is 0.759. The van der Waals surface area contributed by atoms with Crippen LogP contribution in [0.2, 0.25) is 0 Å². The molecule has 170 valence electrons. The molecule has 8 heteroatoms. The fourth-order valence-electron chi connectivity index (χ4n) is 3.71. The third-order valence-corrected chi connectivity index (χ3v) is 5.44. The fourth-order valence-corrected chi connectivity index (χ4v) is 3.71. The fraction of sp³-hybridized carbons (Fsp3) is 0.375. The molecule has 0 aromatic heterocycles. The number of amides is 2. The van der Waals surface area contributed by atoms with Crippen LogP contribution in [0, 0.1) is 0 Å². The number of benzene rings is 2. The number of ketones is 1. The van der Waals surface area contributed by atoms with Gasteiger partial charge in [0, 0.05) is 45.3 Å². The van der Waals surface area contributed by atoms with E-state index >= 15 is 0 Å². The first-order chi connectivity index (χ1) is 15.5. The van der Waals surface area contributed by atoms with Gasteiger partial charge in [0.1, 0.15) is 5.75 Å². The van der Waals surface area contributed by atoms with Gasteiger partial charge in [0.25, 0.3) is 11.7 Å². The van der Waals surface area contributed by atoms with E-state index in [1.807, 2.05) is 12.1 Å². The average Bonchev–Trinajstić information content (AvgIpc) is 2.81. The number of anilines is 2. The van der Waals surface area contributed by atoms with Gasteiger partial charge >= 0.3 is 0 Å². The summed E-state index contributed by atoms with van der Waals surface area (Å²) in [5.74, 6) is -0.751. The monoisotopic (exact) mass is 438 g/mol. The van der Waals surface area contributed by atoms with Crippen molar-refractivity contribution in [1.82, 2.24) is 10.2 Å². The van der Waals surface area contributed by atoms with Gasteiger partial charge in [0.2, 0.25) is 5.91 Å². The van der Waals surface area contributed by atoms with Crippen LogP contribution in [0.4, 0.5) is 11.4 Å². The number of hydrogen-bond donors (Lipinski definition) is 2. The van der Waals surface area contributed by atoms with Crippen molar-refractivity contribution in [3.8, 4) is 5.75 Å². The first-order valence-corrected chi connectivity index (χ1v) is 10.8. The van der Waals surface area contributed by atoms with Crippen molar-refractivity contribution in [1.29, 1.82) is 0 Å². The summed E-state index contributed by atoms with van der Waals surface area (Å²) in [5, 5.41) is 5.28. The summed E-state index contributed by atoms with van der Waals surface area (Å²) in [4.78, 5) is 40.8. The predicted octanol–water partition coefficient (Wildman–Crippen LogP) is 2.16. The van der Waals surface area contributed by atoms with Crippen molar-refractivity contribution in [2.24, 2.45) is 0 Å². The molecule has 2 amide bonds. The van der Waals surface area contributed by atoms with Gasteiger partial charge in [-0.25, -0.2) is 0 Å². The highest BCUT2D eigenvalue weighted by Gasteiger charge is 2.20. The molecule has 0 aliphatic carbocycles. The van der Waals surface area contributed by atoms with Crippen molar-refractivity contribution in [3.05, 3.63) is 54.1 Å². The molecule has 0 unspecified atom stereocenters. The van der Waals surface area contributed by atoms with Gasteiger partial charge in [-0.1, -0.05) is 12.1 Å². The Morgan fingerprint density at radius 1 is 0.969 bits per heavy atom. The Kier molecular flexibility index (Phi) is 8.21. The molecule has 1 fully saturated rings. The number of Topliss-reactive ketones (excluding diaryl/α,β-unsaturated/α-hetero) is 1. The molecule has 0 atom stereocenters. The summed E-state index contributed by atoms with van der Waals surface area (Å²) < 4.78 is 5.21. The molecule has 1 saturated heterocycles. The third kappa shape index (κ3) is 6.31. The molecule has 1 heterocycles. The SMILES string of the molecule is COc1ccc(N2CCN(CCCNC(=O)C(=O)c3ccccc3NC(C)=O)CC2)cc1. The smallest absolute Gasteiger partial charge is 0.292 e. The first-order valence-electron chi connectivity index (χ1n) is 10.8. The molecular formula is C24H30N4O4. The molecule has 2 aromatic rings. The molecule has 0 radical (unpaired) electrons. The zero-order valence-electron chi connectivity index (χ0n) is 18.6. The molecule has 1 aliphatic heterocycles. The van der Waals surface area contributed by atoms with Crippen molar-refractivity contribution < 1.29 is 19.1 Å². The standard InChI is InChI=1S/C24H30N4O4/c1-18(29)26-22-7-4-3-6-21(22)23(30)24(31)25-12-5-13-27-14-16-28(17-15-27)19-8-10-20(32-2)11-9-19/h3-4,6-11H,5,12-17H2,1-2H3,(H,25,31)(H,26,29). The van der Waals surface area contributed by atoms with Crippen LogP contribution >= 0.6 is 0 Å². The van der Waals surface area contributed by atoms with E-state index in [9.17, 15) is 14.4 Å². The minimum atomic E-state index is -0.660. The second kappa shape index (κ2) is 11.3. The largest absolute Gasteiger partial charge is 0.497 e. The number of carbonyl (C=O) groups is 3. The van der Waals surface area contributed by atoms with E-state index in [2.05, 4.69) is 32.6 Å². The van der Waals surface area contributed by atoms with Crippen molar-refractivity contribution in [2.45, 2.75) is 13.3 Å². The van der Waals surface area contributed by atoms with E-state index in [0.717, 1.165) is 44.9 Å². The van der Waals surface area contributed by atoms with Crippen LogP contribution in [0.1, 0.15) is 23.7 Å². The van der Waals surface area contributed by atoms with Gasteiger partial charge < -0.3 is 20.3 Å². The second-order valence-corrected chi connectivity index (χ2v) is 7.69. The van der Waals surface area contributed by atoms with Crippen LogP contribution in [0.3, 0.4) is 0 Å². The lowest BCUT2D eigenvalue weighted by molar-refractivity contribution is -0.117. The van der Waals surface area contributed by atoms with E-state index in [-0.39, 0.29) is 11.5 Å². The van der Waals surface area contributed by atoms with E-state index in [0.29, 0.717) is 12.2 Å².